The second kappa shape index (κ2) is 4.37. The molecule has 1 aliphatic heterocycles. The van der Waals surface area contributed by atoms with Crippen molar-refractivity contribution in [2.45, 2.75) is 25.0 Å². The first kappa shape index (κ1) is 10.9. The normalized spacial score (nSPS) is 35.5. The van der Waals surface area contributed by atoms with Crippen LogP contribution in [-0.4, -0.2) is 55.0 Å². The zero-order valence-corrected chi connectivity index (χ0v) is 8.49. The van der Waals surface area contributed by atoms with Crippen molar-refractivity contribution in [1.82, 2.24) is 4.90 Å². The summed E-state index contributed by atoms with van der Waals surface area (Å²) in [5.74, 6) is 0. The molecule has 0 aromatic rings. The van der Waals surface area contributed by atoms with Crippen LogP contribution < -0.4 is 5.73 Å². The van der Waals surface area contributed by atoms with Crippen LogP contribution in [0.2, 0.25) is 0 Å². The first-order chi connectivity index (χ1) is 6.16. The Hall–Kier alpha value is -0.160. The highest BCUT2D eigenvalue weighted by molar-refractivity contribution is 4.98. The number of nitrogens with zero attached hydrogens (tertiary/aromatic N) is 1. The first-order valence-corrected chi connectivity index (χ1v) is 4.81. The molecule has 2 atom stereocenters. The minimum Gasteiger partial charge on any atom is -0.394 e. The minimum atomic E-state index is -0.239. The minimum absolute atomic E-state index is 0.0676. The predicted octanol–water partition coefficient (Wildman–Crippen LogP) is -0.583. The highest BCUT2D eigenvalue weighted by Gasteiger charge is 2.43. The molecule has 78 valence electrons. The van der Waals surface area contributed by atoms with E-state index in [0.29, 0.717) is 19.2 Å². The second-order valence-corrected chi connectivity index (χ2v) is 3.75. The number of hydrogen-bond donors (Lipinski definition) is 2. The summed E-state index contributed by atoms with van der Waals surface area (Å²) < 4.78 is 5.65. The third kappa shape index (κ3) is 2.02. The van der Waals surface area contributed by atoms with Crippen molar-refractivity contribution in [2.75, 3.05) is 33.4 Å². The molecule has 0 aromatic heterocycles. The first-order valence-electron chi connectivity index (χ1n) is 4.81. The van der Waals surface area contributed by atoms with Crippen LogP contribution in [-0.2, 0) is 4.74 Å². The SMILES string of the molecule is CC1N(C)CCC1(CN)OCCO. The maximum Gasteiger partial charge on any atom is 0.0968 e. The van der Waals surface area contributed by atoms with Gasteiger partial charge in [0.25, 0.3) is 0 Å². The second-order valence-electron chi connectivity index (χ2n) is 3.75. The fourth-order valence-corrected chi connectivity index (χ4v) is 1.94. The number of ether oxygens (including phenoxy) is 1. The Morgan fingerprint density at radius 3 is 2.77 bits per heavy atom. The van der Waals surface area contributed by atoms with Crippen LogP contribution in [0.1, 0.15) is 13.3 Å². The van der Waals surface area contributed by atoms with E-state index < -0.39 is 0 Å². The molecule has 1 heterocycles. The molecule has 0 spiro atoms. The van der Waals surface area contributed by atoms with Crippen molar-refractivity contribution in [3.8, 4) is 0 Å². The smallest absolute Gasteiger partial charge is 0.0968 e. The molecule has 3 N–H and O–H groups in total. The van der Waals surface area contributed by atoms with Gasteiger partial charge in [-0.05, 0) is 20.4 Å². The molecule has 4 heteroatoms. The van der Waals surface area contributed by atoms with E-state index in [1.807, 2.05) is 0 Å². The van der Waals surface area contributed by atoms with Gasteiger partial charge in [0.05, 0.1) is 18.8 Å². The van der Waals surface area contributed by atoms with Crippen molar-refractivity contribution in [1.29, 1.82) is 0 Å². The van der Waals surface area contributed by atoms with Gasteiger partial charge >= 0.3 is 0 Å². The molecular weight excluding hydrogens is 168 g/mol. The van der Waals surface area contributed by atoms with E-state index in [4.69, 9.17) is 15.6 Å². The number of nitrogens with two attached hydrogens (primary N) is 1. The number of likely N-dealkylation sites (tertiary alicyclic amines) is 1. The van der Waals surface area contributed by atoms with Gasteiger partial charge < -0.3 is 20.5 Å². The van der Waals surface area contributed by atoms with Crippen LogP contribution in [0.3, 0.4) is 0 Å². The Morgan fingerprint density at radius 1 is 1.69 bits per heavy atom. The van der Waals surface area contributed by atoms with E-state index in [-0.39, 0.29) is 12.2 Å². The van der Waals surface area contributed by atoms with Gasteiger partial charge in [0.1, 0.15) is 0 Å². The van der Waals surface area contributed by atoms with E-state index in [0.717, 1.165) is 13.0 Å². The van der Waals surface area contributed by atoms with Crippen LogP contribution >= 0.6 is 0 Å². The van der Waals surface area contributed by atoms with Crippen molar-refractivity contribution < 1.29 is 9.84 Å². The van der Waals surface area contributed by atoms with Crippen LogP contribution in [0.4, 0.5) is 0 Å². The van der Waals surface area contributed by atoms with E-state index in [1.165, 1.54) is 0 Å². The van der Waals surface area contributed by atoms with E-state index in [9.17, 15) is 0 Å². The fraction of sp³-hybridized carbons (Fsp3) is 1.00. The monoisotopic (exact) mass is 188 g/mol. The lowest BCUT2D eigenvalue weighted by Gasteiger charge is -2.33. The van der Waals surface area contributed by atoms with Crippen molar-refractivity contribution in [3.05, 3.63) is 0 Å². The van der Waals surface area contributed by atoms with Crippen molar-refractivity contribution in [3.63, 3.8) is 0 Å². The maximum absolute atomic E-state index is 8.71. The molecule has 1 fully saturated rings. The summed E-state index contributed by atoms with van der Waals surface area (Å²) in [6, 6.07) is 0.337. The topological polar surface area (TPSA) is 58.7 Å². The third-order valence-electron chi connectivity index (χ3n) is 3.14. The molecule has 0 radical (unpaired) electrons. The molecule has 0 amide bonds. The molecule has 0 saturated carbocycles. The Morgan fingerprint density at radius 2 is 2.38 bits per heavy atom. The molecule has 4 nitrogen and oxygen atoms in total. The predicted molar refractivity (Wildman–Crippen MR) is 51.5 cm³/mol. The molecule has 1 aliphatic rings. The molecule has 0 aliphatic carbocycles. The summed E-state index contributed by atoms with van der Waals surface area (Å²) in [6.45, 7) is 4.12. The Bertz CT molecular complexity index is 166. The number of aliphatic hydroxyl groups is 1. The van der Waals surface area contributed by atoms with Crippen LogP contribution in [0.15, 0.2) is 0 Å². The molecule has 1 saturated heterocycles. The average Bonchev–Trinajstić information content (AvgIpc) is 2.43. The van der Waals surface area contributed by atoms with Gasteiger partial charge in [-0.25, -0.2) is 0 Å². The number of hydrogen-bond acceptors (Lipinski definition) is 4. The van der Waals surface area contributed by atoms with Gasteiger partial charge in [0.15, 0.2) is 0 Å². The van der Waals surface area contributed by atoms with Gasteiger partial charge in [0.2, 0.25) is 0 Å². The number of aliphatic hydroxyl groups excluding tert-OH is 1. The number of rotatable bonds is 4. The average molecular weight is 188 g/mol. The summed E-state index contributed by atoms with van der Waals surface area (Å²) in [7, 11) is 2.07. The van der Waals surface area contributed by atoms with Gasteiger partial charge in [-0.15, -0.1) is 0 Å². The highest BCUT2D eigenvalue weighted by Crippen LogP contribution is 2.29. The molecule has 13 heavy (non-hydrogen) atoms. The molecular formula is C9H20N2O2. The summed E-state index contributed by atoms with van der Waals surface area (Å²) in [5.41, 5.74) is 5.49. The summed E-state index contributed by atoms with van der Waals surface area (Å²) in [4.78, 5) is 2.24. The lowest BCUT2D eigenvalue weighted by Crippen LogP contribution is -2.49. The van der Waals surface area contributed by atoms with Gasteiger partial charge in [-0.3, -0.25) is 0 Å². The Labute approximate surface area is 79.7 Å². The molecule has 1 rings (SSSR count). The van der Waals surface area contributed by atoms with Crippen molar-refractivity contribution >= 4 is 0 Å². The largest absolute Gasteiger partial charge is 0.394 e. The van der Waals surface area contributed by atoms with Crippen LogP contribution in [0.5, 0.6) is 0 Å². The Balaban J connectivity index is 2.58. The maximum atomic E-state index is 8.71. The third-order valence-corrected chi connectivity index (χ3v) is 3.14. The van der Waals surface area contributed by atoms with Gasteiger partial charge in [0, 0.05) is 19.1 Å². The Kier molecular flexibility index (Phi) is 3.67. The summed E-state index contributed by atoms with van der Waals surface area (Å²) in [6.07, 6.45) is 0.959. The number of likely N-dealkylation sites (N-methyl/N-ethyl adjacent to an activating group) is 1. The fourth-order valence-electron chi connectivity index (χ4n) is 1.94. The zero-order valence-electron chi connectivity index (χ0n) is 8.49. The van der Waals surface area contributed by atoms with Crippen LogP contribution in [0.25, 0.3) is 0 Å². The van der Waals surface area contributed by atoms with E-state index in [2.05, 4.69) is 18.9 Å². The van der Waals surface area contributed by atoms with E-state index >= 15 is 0 Å². The molecule has 0 bridgehead atoms. The quantitative estimate of drug-likeness (QED) is 0.619. The highest BCUT2D eigenvalue weighted by atomic mass is 16.5. The zero-order chi connectivity index (χ0) is 9.90. The van der Waals surface area contributed by atoms with Crippen LogP contribution in [0, 0.1) is 0 Å². The van der Waals surface area contributed by atoms with Gasteiger partial charge in [-0.2, -0.15) is 0 Å². The standard InChI is InChI=1S/C9H20N2O2/c1-8-9(7-10,13-6-5-12)3-4-11(8)2/h8,12H,3-7,10H2,1-2H3. The molecule has 0 aromatic carbocycles. The lowest BCUT2D eigenvalue weighted by atomic mass is 9.95. The van der Waals surface area contributed by atoms with Gasteiger partial charge in [-0.1, -0.05) is 0 Å². The molecule has 2 unspecified atom stereocenters. The van der Waals surface area contributed by atoms with Crippen molar-refractivity contribution in [2.24, 2.45) is 5.73 Å². The van der Waals surface area contributed by atoms with E-state index in [1.54, 1.807) is 0 Å². The summed E-state index contributed by atoms with van der Waals surface area (Å²) in [5, 5.41) is 8.71. The summed E-state index contributed by atoms with van der Waals surface area (Å²) >= 11 is 0. The lowest BCUT2D eigenvalue weighted by molar-refractivity contribution is -0.0654.